The summed E-state index contributed by atoms with van der Waals surface area (Å²) in [5.41, 5.74) is 2.68. The summed E-state index contributed by atoms with van der Waals surface area (Å²) in [5, 5.41) is 7.46. The average Bonchev–Trinajstić information content (AvgIpc) is 3.60. The molecule has 2 N–H and O–H groups in total. The number of amides is 1. The van der Waals surface area contributed by atoms with Crippen molar-refractivity contribution in [2.75, 3.05) is 32.7 Å². The molecule has 302 valence electrons. The van der Waals surface area contributed by atoms with Crippen molar-refractivity contribution in [3.8, 4) is 33.8 Å². The Hall–Kier alpha value is -6.46. The fourth-order valence-electron chi connectivity index (χ4n) is 6.54. The van der Waals surface area contributed by atoms with Crippen molar-refractivity contribution in [1.29, 1.82) is 0 Å². The molecule has 13 nitrogen and oxygen atoms in total. The maximum atomic E-state index is 15.5. The molecule has 0 bridgehead atoms. The molecule has 1 atom stereocenters. The van der Waals surface area contributed by atoms with E-state index in [1.807, 2.05) is 19.1 Å². The Kier molecular flexibility index (Phi) is 12.3. The number of halogens is 3. The summed E-state index contributed by atoms with van der Waals surface area (Å²) >= 11 is 0. The molecule has 0 aliphatic carbocycles. The Labute approximate surface area is 331 Å². The third-order valence-corrected chi connectivity index (χ3v) is 10.7. The normalized spacial score (nSPS) is 11.9. The highest BCUT2D eigenvalue weighted by atomic mass is 32.2. The van der Waals surface area contributed by atoms with Crippen LogP contribution in [0.2, 0.25) is 0 Å². The number of carbonyl (C=O) groups is 2. The van der Waals surface area contributed by atoms with E-state index in [0.29, 0.717) is 75.6 Å². The van der Waals surface area contributed by atoms with Crippen LogP contribution in [-0.2, 0) is 44.4 Å². The predicted molar refractivity (Wildman–Crippen MR) is 208 cm³/mol. The molecule has 0 aliphatic heterocycles. The van der Waals surface area contributed by atoms with Gasteiger partial charge in [0.15, 0.2) is 0 Å². The highest BCUT2D eigenvalue weighted by Gasteiger charge is 2.29. The molecule has 1 amide bonds. The fraction of sp³-hybridized carbons (Fsp3) is 0.220. The zero-order valence-corrected chi connectivity index (χ0v) is 32.7. The predicted octanol–water partition coefficient (Wildman–Crippen LogP) is 6.59. The number of esters is 1. The summed E-state index contributed by atoms with van der Waals surface area (Å²) in [7, 11) is 1.51. The van der Waals surface area contributed by atoms with Crippen LogP contribution in [0.1, 0.15) is 28.4 Å². The second kappa shape index (κ2) is 17.4. The number of pyridine rings is 1. The molecule has 4 aromatic carbocycles. The van der Waals surface area contributed by atoms with Gasteiger partial charge in [0.25, 0.3) is 15.9 Å². The Morgan fingerprint density at radius 2 is 1.55 bits per heavy atom. The van der Waals surface area contributed by atoms with E-state index in [9.17, 15) is 22.4 Å². The fourth-order valence-corrected chi connectivity index (χ4v) is 7.58. The number of hydrogen-bond donors (Lipinski definition) is 2. The van der Waals surface area contributed by atoms with Gasteiger partial charge in [0, 0.05) is 43.3 Å². The number of benzene rings is 4. The van der Waals surface area contributed by atoms with Crippen LogP contribution in [0, 0.1) is 17.6 Å². The van der Waals surface area contributed by atoms with Crippen LogP contribution in [0.25, 0.3) is 33.2 Å². The molecule has 17 heteroatoms. The number of sulfonamides is 1. The zero-order chi connectivity index (χ0) is 41.7. The zero-order valence-electron chi connectivity index (χ0n) is 31.9. The van der Waals surface area contributed by atoms with E-state index in [1.54, 1.807) is 36.1 Å². The second-order valence-corrected chi connectivity index (χ2v) is 14.6. The van der Waals surface area contributed by atoms with Crippen molar-refractivity contribution in [2.45, 2.75) is 30.9 Å². The Morgan fingerprint density at radius 1 is 0.879 bits per heavy atom. The second-order valence-electron chi connectivity index (χ2n) is 12.9. The van der Waals surface area contributed by atoms with Gasteiger partial charge in [0.2, 0.25) is 5.95 Å². The lowest BCUT2D eigenvalue weighted by atomic mass is 9.94. The summed E-state index contributed by atoms with van der Waals surface area (Å²) in [6, 6.07) is 15.1. The minimum atomic E-state index is -4.36. The standard InChI is InChI=1S/C41H38F3N5O8S/c1-6-57-22-23-15-34(54-3)37(35(16-23)55-4)29-12-9-26(39-30(29)21-46-49(39)2)17-33(41(51)56-5)47-40(50)38-31(42)19-27(20-32(38)43)48-58(52,53)28-10-7-24(8-11-28)25-13-14-45-36(44)18-25/h7-16,18-21,33,48H,6,17,22H2,1-5H3,(H,47,50). The molecule has 58 heavy (non-hydrogen) atoms. The van der Waals surface area contributed by atoms with Gasteiger partial charge >= 0.3 is 5.97 Å². The minimum absolute atomic E-state index is 0.174. The molecule has 0 fully saturated rings. The number of hydrogen-bond acceptors (Lipinski definition) is 10. The van der Waals surface area contributed by atoms with Gasteiger partial charge in [-0.25, -0.2) is 27.0 Å². The van der Waals surface area contributed by atoms with Crippen molar-refractivity contribution in [2.24, 2.45) is 7.05 Å². The van der Waals surface area contributed by atoms with E-state index in [4.69, 9.17) is 18.9 Å². The van der Waals surface area contributed by atoms with Gasteiger partial charge in [-0.1, -0.05) is 24.3 Å². The first kappa shape index (κ1) is 41.2. The Bertz CT molecular complexity index is 2570. The maximum Gasteiger partial charge on any atom is 0.328 e. The third kappa shape index (κ3) is 8.59. The van der Waals surface area contributed by atoms with Crippen LogP contribution in [0.4, 0.5) is 18.9 Å². The monoisotopic (exact) mass is 817 g/mol. The first-order chi connectivity index (χ1) is 27.8. The highest BCUT2D eigenvalue weighted by molar-refractivity contribution is 7.92. The van der Waals surface area contributed by atoms with E-state index in [0.717, 1.165) is 12.7 Å². The van der Waals surface area contributed by atoms with Gasteiger partial charge in [-0.15, -0.1) is 0 Å². The van der Waals surface area contributed by atoms with Gasteiger partial charge < -0.3 is 24.3 Å². The minimum Gasteiger partial charge on any atom is -0.496 e. The molecular formula is C41H38F3N5O8S. The lowest BCUT2D eigenvalue weighted by Crippen LogP contribution is -2.43. The molecule has 0 spiro atoms. The van der Waals surface area contributed by atoms with Gasteiger partial charge in [-0.05, 0) is 71.6 Å². The van der Waals surface area contributed by atoms with E-state index >= 15 is 8.78 Å². The number of anilines is 1. The molecular weight excluding hydrogens is 780 g/mol. The van der Waals surface area contributed by atoms with E-state index < -0.39 is 56.8 Å². The molecule has 1 unspecified atom stereocenters. The number of carbonyl (C=O) groups excluding carboxylic acids is 2. The summed E-state index contributed by atoms with van der Waals surface area (Å²) in [5.74, 6) is -4.67. The van der Waals surface area contributed by atoms with Crippen LogP contribution in [0.15, 0.2) is 90.1 Å². The van der Waals surface area contributed by atoms with Crippen molar-refractivity contribution in [1.82, 2.24) is 20.1 Å². The van der Waals surface area contributed by atoms with Crippen molar-refractivity contribution >= 4 is 38.5 Å². The van der Waals surface area contributed by atoms with Crippen LogP contribution < -0.4 is 19.5 Å². The quantitative estimate of drug-likeness (QED) is 0.0856. The number of fused-ring (bicyclic) bond motifs is 1. The summed E-state index contributed by atoms with van der Waals surface area (Å²) in [6.07, 6.45) is 2.72. The summed E-state index contributed by atoms with van der Waals surface area (Å²) in [4.78, 5) is 29.7. The van der Waals surface area contributed by atoms with Crippen molar-refractivity contribution < 1.29 is 50.1 Å². The van der Waals surface area contributed by atoms with Crippen molar-refractivity contribution in [3.05, 3.63) is 119 Å². The van der Waals surface area contributed by atoms with Gasteiger partial charge in [-0.3, -0.25) is 14.2 Å². The molecule has 0 saturated heterocycles. The smallest absolute Gasteiger partial charge is 0.328 e. The topological polar surface area (TPSA) is 160 Å². The first-order valence-electron chi connectivity index (χ1n) is 17.7. The number of aryl methyl sites for hydroxylation is 1. The van der Waals surface area contributed by atoms with Crippen molar-refractivity contribution in [3.63, 3.8) is 0 Å². The number of ether oxygens (including phenoxy) is 4. The third-order valence-electron chi connectivity index (χ3n) is 9.25. The molecule has 2 heterocycles. The molecule has 0 aliphatic rings. The van der Waals surface area contributed by atoms with Crippen LogP contribution in [0.3, 0.4) is 0 Å². The molecule has 2 aromatic heterocycles. The number of aromatic nitrogens is 3. The van der Waals surface area contributed by atoms with E-state index in [-0.39, 0.29) is 11.3 Å². The number of methoxy groups -OCH3 is 3. The Balaban J connectivity index is 1.25. The van der Waals surface area contributed by atoms with Gasteiger partial charge in [-0.2, -0.15) is 9.49 Å². The first-order valence-corrected chi connectivity index (χ1v) is 19.2. The molecule has 6 rings (SSSR count). The number of nitrogens with zero attached hydrogens (tertiary/aromatic N) is 3. The highest BCUT2D eigenvalue weighted by Crippen LogP contribution is 2.43. The number of rotatable bonds is 15. The van der Waals surface area contributed by atoms with E-state index in [2.05, 4.69) is 20.1 Å². The summed E-state index contributed by atoms with van der Waals surface area (Å²) < 4.78 is 96.5. The Morgan fingerprint density at radius 3 is 2.16 bits per heavy atom. The van der Waals surface area contributed by atoms with Gasteiger partial charge in [0.05, 0.1) is 55.8 Å². The van der Waals surface area contributed by atoms with Crippen LogP contribution in [0.5, 0.6) is 11.5 Å². The molecule has 0 saturated carbocycles. The van der Waals surface area contributed by atoms with Crippen LogP contribution >= 0.6 is 0 Å². The van der Waals surface area contributed by atoms with Gasteiger partial charge in [0.1, 0.15) is 34.7 Å². The largest absolute Gasteiger partial charge is 0.496 e. The SMILES string of the molecule is CCOCc1cc(OC)c(-c2ccc(CC(NC(=O)c3c(F)cc(NS(=O)(=O)c4ccc(-c5ccnc(F)c5)cc4)cc3F)C(=O)OC)c3c2cnn3C)c(OC)c1. The summed E-state index contributed by atoms with van der Waals surface area (Å²) in [6.45, 7) is 2.76. The molecule has 0 radical (unpaired) electrons. The lowest BCUT2D eigenvalue weighted by Gasteiger charge is -2.20. The maximum absolute atomic E-state index is 15.5. The average molecular weight is 818 g/mol. The van der Waals surface area contributed by atoms with E-state index in [1.165, 1.54) is 50.7 Å². The lowest BCUT2D eigenvalue weighted by molar-refractivity contribution is -0.142. The number of nitrogens with one attached hydrogen (secondary N) is 2. The van der Waals surface area contributed by atoms with Crippen LogP contribution in [-0.4, -0.2) is 69.0 Å². The molecule has 6 aromatic rings.